The SMILES string of the molecule is C#CCn1cc(/C=C2/SC(=O)N(CCOC)C2=O)c2ccccc21. The van der Waals surface area contributed by atoms with Crippen LogP contribution in [0.15, 0.2) is 35.4 Å². The summed E-state index contributed by atoms with van der Waals surface area (Å²) in [6, 6.07) is 7.83. The molecule has 1 aromatic carbocycles. The number of hydrogen-bond donors (Lipinski definition) is 0. The van der Waals surface area contributed by atoms with Crippen LogP contribution in [0.5, 0.6) is 0 Å². The first-order chi connectivity index (χ1) is 11.7. The van der Waals surface area contributed by atoms with E-state index in [2.05, 4.69) is 5.92 Å². The average Bonchev–Trinajstić information content (AvgIpc) is 3.05. The molecule has 3 rings (SSSR count). The van der Waals surface area contributed by atoms with Crippen molar-refractivity contribution < 1.29 is 14.3 Å². The van der Waals surface area contributed by atoms with Gasteiger partial charge in [-0.1, -0.05) is 24.1 Å². The lowest BCUT2D eigenvalue weighted by atomic mass is 10.1. The molecule has 0 aliphatic carbocycles. The van der Waals surface area contributed by atoms with Gasteiger partial charge in [0, 0.05) is 29.8 Å². The Morgan fingerprint density at radius 1 is 1.33 bits per heavy atom. The largest absolute Gasteiger partial charge is 0.383 e. The molecule has 0 radical (unpaired) electrons. The molecule has 2 aromatic rings. The molecule has 0 N–H and O–H groups in total. The van der Waals surface area contributed by atoms with Crippen molar-refractivity contribution in [3.05, 3.63) is 40.9 Å². The van der Waals surface area contributed by atoms with Crippen molar-refractivity contribution in [3.63, 3.8) is 0 Å². The van der Waals surface area contributed by atoms with E-state index in [9.17, 15) is 9.59 Å². The number of thioether (sulfide) groups is 1. The lowest BCUT2D eigenvalue weighted by Crippen LogP contribution is -2.31. The molecular weight excluding hydrogens is 324 g/mol. The van der Waals surface area contributed by atoms with Crippen LogP contribution in [-0.4, -0.2) is 40.9 Å². The van der Waals surface area contributed by atoms with Crippen molar-refractivity contribution in [2.45, 2.75) is 6.54 Å². The first-order valence-corrected chi connectivity index (χ1v) is 8.23. The van der Waals surface area contributed by atoms with Crippen molar-refractivity contribution in [1.82, 2.24) is 9.47 Å². The third-order valence-corrected chi connectivity index (χ3v) is 4.67. The number of methoxy groups -OCH3 is 1. The molecule has 1 aromatic heterocycles. The smallest absolute Gasteiger partial charge is 0.293 e. The highest BCUT2D eigenvalue weighted by Crippen LogP contribution is 2.33. The molecule has 2 heterocycles. The predicted molar refractivity (Wildman–Crippen MR) is 95.3 cm³/mol. The minimum Gasteiger partial charge on any atom is -0.383 e. The molecule has 122 valence electrons. The van der Waals surface area contributed by atoms with Crippen LogP contribution in [-0.2, 0) is 16.1 Å². The Bertz CT molecular complexity index is 876. The highest BCUT2D eigenvalue weighted by Gasteiger charge is 2.34. The number of amides is 2. The van der Waals surface area contributed by atoms with E-state index >= 15 is 0 Å². The summed E-state index contributed by atoms with van der Waals surface area (Å²) < 4.78 is 6.90. The molecule has 0 unspecified atom stereocenters. The number of aromatic nitrogens is 1. The summed E-state index contributed by atoms with van der Waals surface area (Å²) in [6.07, 6.45) is 9.09. The molecule has 6 heteroatoms. The van der Waals surface area contributed by atoms with Crippen LogP contribution < -0.4 is 0 Å². The van der Waals surface area contributed by atoms with Gasteiger partial charge in [0.05, 0.1) is 24.6 Å². The maximum Gasteiger partial charge on any atom is 0.293 e. The minimum atomic E-state index is -0.282. The molecular formula is C18H16N2O3S. The van der Waals surface area contributed by atoms with Crippen molar-refractivity contribution in [1.29, 1.82) is 0 Å². The topological polar surface area (TPSA) is 51.5 Å². The molecule has 0 bridgehead atoms. The fraction of sp³-hybridized carbons (Fsp3) is 0.222. The van der Waals surface area contributed by atoms with E-state index in [-0.39, 0.29) is 17.7 Å². The van der Waals surface area contributed by atoms with Crippen molar-refractivity contribution in [3.8, 4) is 12.3 Å². The zero-order valence-corrected chi connectivity index (χ0v) is 14.0. The van der Waals surface area contributed by atoms with Gasteiger partial charge in [-0.25, -0.2) is 0 Å². The number of carbonyl (C=O) groups is 2. The maximum atomic E-state index is 12.4. The Balaban J connectivity index is 1.97. The highest BCUT2D eigenvalue weighted by atomic mass is 32.2. The number of benzene rings is 1. The van der Waals surface area contributed by atoms with Gasteiger partial charge < -0.3 is 9.30 Å². The molecule has 1 fully saturated rings. The Kier molecular flexibility index (Phi) is 4.74. The number of rotatable bonds is 5. The molecule has 0 atom stereocenters. The molecule has 0 spiro atoms. The lowest BCUT2D eigenvalue weighted by molar-refractivity contribution is -0.123. The van der Waals surface area contributed by atoms with Gasteiger partial charge in [0.25, 0.3) is 11.1 Å². The van der Waals surface area contributed by atoms with E-state index in [0.717, 1.165) is 28.2 Å². The second-order valence-electron chi connectivity index (χ2n) is 5.26. The number of ether oxygens (including phenoxy) is 1. The zero-order chi connectivity index (χ0) is 17.1. The number of terminal acetylenes is 1. The van der Waals surface area contributed by atoms with Crippen LogP contribution in [0.1, 0.15) is 5.56 Å². The first-order valence-electron chi connectivity index (χ1n) is 7.41. The standard InChI is InChI=1S/C18H16N2O3S/c1-3-8-19-12-13(14-6-4-5-7-15(14)19)11-16-17(21)20(9-10-23-2)18(22)24-16/h1,4-7,11-12H,8-10H2,2H3/b16-11+. The third kappa shape index (κ3) is 2.96. The Morgan fingerprint density at radius 3 is 2.88 bits per heavy atom. The molecule has 24 heavy (non-hydrogen) atoms. The Morgan fingerprint density at radius 2 is 2.12 bits per heavy atom. The first kappa shape index (κ1) is 16.4. The fourth-order valence-electron chi connectivity index (χ4n) is 2.64. The van der Waals surface area contributed by atoms with Gasteiger partial charge >= 0.3 is 0 Å². The lowest BCUT2D eigenvalue weighted by Gasteiger charge is -2.10. The number of para-hydroxylation sites is 1. The van der Waals surface area contributed by atoms with Crippen LogP contribution in [0.2, 0.25) is 0 Å². The second-order valence-corrected chi connectivity index (χ2v) is 6.25. The van der Waals surface area contributed by atoms with Gasteiger partial charge in [-0.05, 0) is 23.9 Å². The van der Waals surface area contributed by atoms with Gasteiger partial charge in [0.1, 0.15) is 0 Å². The maximum absolute atomic E-state index is 12.4. The normalized spacial score (nSPS) is 16.3. The van der Waals surface area contributed by atoms with Gasteiger partial charge in [-0.2, -0.15) is 0 Å². The molecule has 1 saturated heterocycles. The highest BCUT2D eigenvalue weighted by molar-refractivity contribution is 8.18. The summed E-state index contributed by atoms with van der Waals surface area (Å²) in [5, 5.41) is 0.729. The van der Waals surface area contributed by atoms with Crippen LogP contribution in [0, 0.1) is 12.3 Å². The van der Waals surface area contributed by atoms with Crippen LogP contribution >= 0.6 is 11.8 Å². The summed E-state index contributed by atoms with van der Waals surface area (Å²) in [4.78, 5) is 26.0. The summed E-state index contributed by atoms with van der Waals surface area (Å²) in [6.45, 7) is 1.04. The van der Waals surface area contributed by atoms with Crippen molar-refractivity contribution >= 4 is 39.9 Å². The van der Waals surface area contributed by atoms with Gasteiger partial charge in [-0.3, -0.25) is 14.5 Å². The number of fused-ring (bicyclic) bond motifs is 1. The van der Waals surface area contributed by atoms with Gasteiger partial charge in [0.2, 0.25) is 0 Å². The van der Waals surface area contributed by atoms with E-state index < -0.39 is 0 Å². The number of hydrogen-bond acceptors (Lipinski definition) is 4. The molecule has 5 nitrogen and oxygen atoms in total. The third-order valence-electron chi connectivity index (χ3n) is 3.76. The van der Waals surface area contributed by atoms with Crippen LogP contribution in [0.4, 0.5) is 4.79 Å². The monoisotopic (exact) mass is 340 g/mol. The van der Waals surface area contributed by atoms with E-state index in [4.69, 9.17) is 11.2 Å². The van der Waals surface area contributed by atoms with E-state index in [1.807, 2.05) is 35.0 Å². The molecule has 2 amide bonds. The summed E-state index contributed by atoms with van der Waals surface area (Å²) in [5.41, 5.74) is 1.87. The van der Waals surface area contributed by atoms with Crippen LogP contribution in [0.3, 0.4) is 0 Å². The van der Waals surface area contributed by atoms with Gasteiger partial charge in [-0.15, -0.1) is 6.42 Å². The van der Waals surface area contributed by atoms with Crippen LogP contribution in [0.25, 0.3) is 17.0 Å². The quantitative estimate of drug-likeness (QED) is 0.620. The Hall–Kier alpha value is -2.49. The molecule has 0 saturated carbocycles. The minimum absolute atomic E-state index is 0.261. The molecule has 1 aliphatic heterocycles. The van der Waals surface area contributed by atoms with Crippen molar-refractivity contribution in [2.75, 3.05) is 20.3 Å². The number of imide groups is 1. The Labute approximate surface area is 144 Å². The molecule has 1 aliphatic rings. The van der Waals surface area contributed by atoms with Gasteiger partial charge in [0.15, 0.2) is 0 Å². The summed E-state index contributed by atoms with van der Waals surface area (Å²) >= 11 is 0.952. The van der Waals surface area contributed by atoms with E-state index in [1.165, 1.54) is 12.0 Å². The van der Waals surface area contributed by atoms with E-state index in [1.54, 1.807) is 6.08 Å². The average molecular weight is 340 g/mol. The summed E-state index contributed by atoms with van der Waals surface area (Å²) in [5.74, 6) is 2.34. The summed E-state index contributed by atoms with van der Waals surface area (Å²) in [7, 11) is 1.54. The fourth-order valence-corrected chi connectivity index (χ4v) is 3.49. The van der Waals surface area contributed by atoms with E-state index in [0.29, 0.717) is 18.1 Å². The number of nitrogens with zero attached hydrogens (tertiary/aromatic N) is 2. The predicted octanol–water partition coefficient (Wildman–Crippen LogP) is 2.96. The van der Waals surface area contributed by atoms with Crippen molar-refractivity contribution in [2.24, 2.45) is 0 Å². The second kappa shape index (κ2) is 6.95. The number of carbonyl (C=O) groups excluding carboxylic acids is 2. The zero-order valence-electron chi connectivity index (χ0n) is 13.2.